The molecule has 3 aromatic rings. The quantitative estimate of drug-likeness (QED) is 0.625. The zero-order valence-electron chi connectivity index (χ0n) is 14.0. The highest BCUT2D eigenvalue weighted by Crippen LogP contribution is 2.43. The van der Waals surface area contributed by atoms with E-state index in [0.717, 1.165) is 33.6 Å². The van der Waals surface area contributed by atoms with Gasteiger partial charge in [-0.15, -0.1) is 0 Å². The van der Waals surface area contributed by atoms with E-state index in [0.29, 0.717) is 0 Å². The Bertz CT molecular complexity index is 955. The lowest BCUT2D eigenvalue weighted by molar-refractivity contribution is 0.103. The van der Waals surface area contributed by atoms with Crippen LogP contribution in [0.25, 0.3) is 6.08 Å². The molecule has 0 aliphatic heterocycles. The lowest BCUT2D eigenvalue weighted by atomic mass is 9.89. The summed E-state index contributed by atoms with van der Waals surface area (Å²) in [5, 5.41) is 0. The molecule has 0 amide bonds. The van der Waals surface area contributed by atoms with E-state index in [2.05, 4.69) is 12.1 Å². The van der Waals surface area contributed by atoms with Crippen molar-refractivity contribution >= 4 is 11.9 Å². The molecular formula is C23H18O2. The van der Waals surface area contributed by atoms with Crippen LogP contribution in [-0.2, 0) is 0 Å². The number of carbonyl (C=O) groups is 1. The minimum Gasteiger partial charge on any atom is -0.496 e. The third-order valence-corrected chi connectivity index (χ3v) is 4.67. The average molecular weight is 326 g/mol. The Morgan fingerprint density at radius 2 is 1.52 bits per heavy atom. The van der Waals surface area contributed by atoms with Crippen molar-refractivity contribution in [3.63, 3.8) is 0 Å². The molecule has 0 bridgehead atoms. The van der Waals surface area contributed by atoms with Crippen LogP contribution in [-0.4, -0.2) is 12.9 Å². The first kappa shape index (κ1) is 15.4. The molecule has 0 saturated heterocycles. The second-order valence-electron chi connectivity index (χ2n) is 6.10. The van der Waals surface area contributed by atoms with Crippen molar-refractivity contribution in [2.75, 3.05) is 7.11 Å². The van der Waals surface area contributed by atoms with Gasteiger partial charge in [-0.2, -0.15) is 0 Å². The molecular weight excluding hydrogens is 308 g/mol. The molecule has 2 heteroatoms. The Balaban J connectivity index is 1.91. The summed E-state index contributed by atoms with van der Waals surface area (Å²) in [4.78, 5) is 13.1. The highest BCUT2D eigenvalue weighted by molar-refractivity contribution is 6.17. The second kappa shape index (κ2) is 6.40. The summed E-state index contributed by atoms with van der Waals surface area (Å²) < 4.78 is 5.45. The Labute approximate surface area is 147 Å². The molecule has 0 spiro atoms. The molecule has 0 fully saturated rings. The third-order valence-electron chi connectivity index (χ3n) is 4.67. The summed E-state index contributed by atoms with van der Waals surface area (Å²) in [6, 6.07) is 25.8. The maximum atomic E-state index is 13.1. The molecule has 3 aromatic carbocycles. The fraction of sp³-hybridized carbons (Fsp3) is 0.0870. The van der Waals surface area contributed by atoms with Gasteiger partial charge in [-0.05, 0) is 23.3 Å². The first-order valence-corrected chi connectivity index (χ1v) is 8.33. The van der Waals surface area contributed by atoms with Gasteiger partial charge in [0.25, 0.3) is 0 Å². The lowest BCUT2D eigenvalue weighted by Crippen LogP contribution is -2.02. The van der Waals surface area contributed by atoms with Crippen LogP contribution in [0, 0.1) is 0 Å². The molecule has 0 aromatic heterocycles. The van der Waals surface area contributed by atoms with E-state index in [1.807, 2.05) is 72.8 Å². The number of ether oxygens (including phenoxy) is 1. The summed E-state index contributed by atoms with van der Waals surface area (Å²) in [5.41, 5.74) is 4.69. The number of methoxy groups -OCH3 is 1. The van der Waals surface area contributed by atoms with Crippen LogP contribution in [0.1, 0.15) is 33.0 Å². The van der Waals surface area contributed by atoms with Gasteiger partial charge in [0, 0.05) is 22.6 Å². The fourth-order valence-corrected chi connectivity index (χ4v) is 3.52. The monoisotopic (exact) mass is 326 g/mol. The van der Waals surface area contributed by atoms with Crippen molar-refractivity contribution in [3.05, 3.63) is 107 Å². The first-order chi connectivity index (χ1) is 12.3. The number of Topliss-reactive ketones (excluding diaryl/α,β-unsaturated/α-hetero) is 1. The number of ketones is 1. The molecule has 1 aliphatic carbocycles. The largest absolute Gasteiger partial charge is 0.496 e. The third kappa shape index (κ3) is 2.66. The Kier molecular flexibility index (Phi) is 3.95. The number of rotatable bonds is 3. The van der Waals surface area contributed by atoms with Crippen molar-refractivity contribution in [1.82, 2.24) is 0 Å². The highest BCUT2D eigenvalue weighted by atomic mass is 16.5. The minimum absolute atomic E-state index is 0.0465. The predicted octanol–water partition coefficient (Wildman–Crippen LogP) is 5.11. The summed E-state index contributed by atoms with van der Waals surface area (Å²) in [6.45, 7) is 0. The smallest absolute Gasteiger partial charge is 0.190 e. The van der Waals surface area contributed by atoms with Crippen molar-refractivity contribution in [2.45, 2.75) is 5.92 Å². The van der Waals surface area contributed by atoms with Crippen LogP contribution in [0.5, 0.6) is 5.75 Å². The van der Waals surface area contributed by atoms with E-state index < -0.39 is 0 Å². The fourth-order valence-electron chi connectivity index (χ4n) is 3.52. The highest BCUT2D eigenvalue weighted by Gasteiger charge is 2.35. The van der Waals surface area contributed by atoms with Crippen LogP contribution in [0.3, 0.4) is 0 Å². The van der Waals surface area contributed by atoms with E-state index in [1.54, 1.807) is 7.11 Å². The molecule has 2 nitrogen and oxygen atoms in total. The van der Waals surface area contributed by atoms with Gasteiger partial charge in [0.15, 0.2) is 5.78 Å². The maximum Gasteiger partial charge on any atom is 0.190 e. The van der Waals surface area contributed by atoms with Crippen LogP contribution >= 0.6 is 0 Å². The number of hydrogen-bond donors (Lipinski definition) is 0. The predicted molar refractivity (Wildman–Crippen MR) is 100 cm³/mol. The number of benzene rings is 3. The van der Waals surface area contributed by atoms with Gasteiger partial charge >= 0.3 is 0 Å². The molecule has 0 heterocycles. The van der Waals surface area contributed by atoms with Gasteiger partial charge in [-0.25, -0.2) is 0 Å². The maximum absolute atomic E-state index is 13.1. The zero-order valence-corrected chi connectivity index (χ0v) is 14.0. The van der Waals surface area contributed by atoms with Gasteiger partial charge in [0.2, 0.25) is 0 Å². The molecule has 122 valence electrons. The molecule has 4 rings (SSSR count). The first-order valence-electron chi connectivity index (χ1n) is 8.33. The van der Waals surface area contributed by atoms with Gasteiger partial charge in [-0.1, -0.05) is 72.8 Å². The molecule has 0 N–H and O–H groups in total. The van der Waals surface area contributed by atoms with E-state index >= 15 is 0 Å². The van der Waals surface area contributed by atoms with Crippen LogP contribution in [0.4, 0.5) is 0 Å². The van der Waals surface area contributed by atoms with Crippen molar-refractivity contribution in [1.29, 1.82) is 0 Å². The number of allylic oxidation sites excluding steroid dienone is 1. The Morgan fingerprint density at radius 1 is 0.840 bits per heavy atom. The molecule has 0 saturated carbocycles. The van der Waals surface area contributed by atoms with Crippen LogP contribution < -0.4 is 4.74 Å². The average Bonchev–Trinajstić information content (AvgIpc) is 2.95. The molecule has 1 unspecified atom stereocenters. The van der Waals surface area contributed by atoms with Crippen LogP contribution in [0.2, 0.25) is 0 Å². The number of fused-ring (bicyclic) bond motifs is 1. The molecule has 1 aliphatic rings. The minimum atomic E-state index is -0.0465. The number of hydrogen-bond acceptors (Lipinski definition) is 2. The molecule has 0 radical (unpaired) electrons. The summed E-state index contributed by atoms with van der Waals surface area (Å²) in [5.74, 6) is 0.815. The van der Waals surface area contributed by atoms with Gasteiger partial charge in [-0.3, -0.25) is 4.79 Å². The van der Waals surface area contributed by atoms with E-state index in [-0.39, 0.29) is 11.7 Å². The summed E-state index contributed by atoms with van der Waals surface area (Å²) in [7, 11) is 1.65. The molecule has 1 atom stereocenters. The van der Waals surface area contributed by atoms with E-state index in [4.69, 9.17) is 4.74 Å². The van der Waals surface area contributed by atoms with Crippen molar-refractivity contribution < 1.29 is 9.53 Å². The zero-order chi connectivity index (χ0) is 17.2. The SMILES string of the molecule is COc1ccccc1/C=C1\C(=O)c2ccccc2C1c1ccccc1. The summed E-state index contributed by atoms with van der Waals surface area (Å²) >= 11 is 0. The topological polar surface area (TPSA) is 26.3 Å². The lowest BCUT2D eigenvalue weighted by Gasteiger charge is -2.14. The van der Waals surface area contributed by atoms with Crippen molar-refractivity contribution in [2.24, 2.45) is 0 Å². The Morgan fingerprint density at radius 3 is 2.32 bits per heavy atom. The van der Waals surface area contributed by atoms with E-state index in [1.165, 1.54) is 0 Å². The number of carbonyl (C=O) groups excluding carboxylic acids is 1. The normalized spacial score (nSPS) is 17.6. The summed E-state index contributed by atoms with van der Waals surface area (Å²) in [6.07, 6.45) is 1.97. The van der Waals surface area contributed by atoms with E-state index in [9.17, 15) is 4.79 Å². The van der Waals surface area contributed by atoms with Gasteiger partial charge in [0.1, 0.15) is 5.75 Å². The molecule has 25 heavy (non-hydrogen) atoms. The van der Waals surface area contributed by atoms with Gasteiger partial charge < -0.3 is 4.74 Å². The second-order valence-corrected chi connectivity index (χ2v) is 6.10. The Hall–Kier alpha value is -3.13. The van der Waals surface area contributed by atoms with Crippen molar-refractivity contribution in [3.8, 4) is 5.75 Å². The van der Waals surface area contributed by atoms with Crippen LogP contribution in [0.15, 0.2) is 84.4 Å². The standard InChI is InChI=1S/C23H18O2/c1-25-21-14-8-5-11-17(21)15-20-22(16-9-3-2-4-10-16)18-12-6-7-13-19(18)23(20)24/h2-15,22H,1H3/b20-15-. The van der Waals surface area contributed by atoms with Gasteiger partial charge in [0.05, 0.1) is 7.11 Å². The number of para-hydroxylation sites is 1.